The summed E-state index contributed by atoms with van der Waals surface area (Å²) in [6.45, 7) is 2.00. The number of sulfonamides is 1. The zero-order valence-corrected chi connectivity index (χ0v) is 18.5. The zero-order chi connectivity index (χ0) is 21.1. The molecule has 1 aliphatic rings. The summed E-state index contributed by atoms with van der Waals surface area (Å²) in [5.74, 6) is 0.351. The van der Waals surface area contributed by atoms with Crippen molar-refractivity contribution in [3.8, 4) is 0 Å². The van der Waals surface area contributed by atoms with Crippen molar-refractivity contribution < 1.29 is 13.2 Å². The first kappa shape index (κ1) is 21.0. The standard InChI is InChI=1S/C20H21ClN4O3S2/c21-18-15-5-1-2-6-16(15)29-19(18)20(26)23-9-14-30(27,28)25-12-10-24(11-13-25)17-7-3-4-8-22-17/h1-8H,9-14H2,(H,23,26). The summed E-state index contributed by atoms with van der Waals surface area (Å²) in [7, 11) is -3.46. The van der Waals surface area contributed by atoms with Gasteiger partial charge in [-0.05, 0) is 18.2 Å². The fraction of sp³-hybridized carbons (Fsp3) is 0.300. The van der Waals surface area contributed by atoms with Gasteiger partial charge >= 0.3 is 0 Å². The monoisotopic (exact) mass is 464 g/mol. The average molecular weight is 465 g/mol. The fourth-order valence-corrected chi connectivity index (χ4v) is 6.17. The Morgan fingerprint density at radius 2 is 1.83 bits per heavy atom. The number of carbonyl (C=O) groups is 1. The van der Waals surface area contributed by atoms with E-state index in [9.17, 15) is 13.2 Å². The van der Waals surface area contributed by atoms with E-state index >= 15 is 0 Å². The van der Waals surface area contributed by atoms with E-state index in [2.05, 4.69) is 15.2 Å². The van der Waals surface area contributed by atoms with Gasteiger partial charge in [0.05, 0.1) is 10.8 Å². The van der Waals surface area contributed by atoms with Crippen LogP contribution in [0.4, 0.5) is 5.82 Å². The van der Waals surface area contributed by atoms with Crippen molar-refractivity contribution in [2.45, 2.75) is 0 Å². The molecule has 1 aliphatic heterocycles. The molecular weight excluding hydrogens is 444 g/mol. The minimum absolute atomic E-state index is 0.0339. The Kier molecular flexibility index (Phi) is 6.24. The molecule has 3 heterocycles. The Balaban J connectivity index is 1.31. The average Bonchev–Trinajstić information content (AvgIpc) is 3.11. The van der Waals surface area contributed by atoms with Crippen LogP contribution in [0.2, 0.25) is 5.02 Å². The van der Waals surface area contributed by atoms with Crippen LogP contribution in [-0.4, -0.2) is 62.1 Å². The Labute approximate surface area is 184 Å². The normalized spacial score (nSPS) is 15.4. The highest BCUT2D eigenvalue weighted by Crippen LogP contribution is 2.34. The third kappa shape index (κ3) is 4.44. The van der Waals surface area contributed by atoms with E-state index in [4.69, 9.17) is 11.6 Å². The molecule has 10 heteroatoms. The molecule has 1 amide bonds. The van der Waals surface area contributed by atoms with Crippen LogP contribution in [0, 0.1) is 0 Å². The maximum absolute atomic E-state index is 12.7. The molecule has 2 aromatic heterocycles. The number of thiophene rings is 1. The van der Waals surface area contributed by atoms with Crippen LogP contribution in [-0.2, 0) is 10.0 Å². The van der Waals surface area contributed by atoms with Crippen molar-refractivity contribution in [1.82, 2.24) is 14.6 Å². The number of fused-ring (bicyclic) bond motifs is 1. The van der Waals surface area contributed by atoms with Crippen molar-refractivity contribution in [1.29, 1.82) is 0 Å². The number of anilines is 1. The summed E-state index contributed by atoms with van der Waals surface area (Å²) in [5, 5.41) is 3.92. The molecule has 1 aromatic carbocycles. The molecule has 0 bridgehead atoms. The molecule has 0 spiro atoms. The summed E-state index contributed by atoms with van der Waals surface area (Å²) in [6, 6.07) is 13.2. The molecule has 1 fully saturated rings. The van der Waals surface area contributed by atoms with E-state index in [0.717, 1.165) is 15.9 Å². The second-order valence-corrected chi connectivity index (χ2v) is 10.4. The highest BCUT2D eigenvalue weighted by atomic mass is 35.5. The Morgan fingerprint density at radius 1 is 1.10 bits per heavy atom. The van der Waals surface area contributed by atoms with Gasteiger partial charge in [0, 0.05) is 49.0 Å². The molecule has 0 saturated carbocycles. The number of aromatic nitrogens is 1. The van der Waals surface area contributed by atoms with Gasteiger partial charge in [-0.1, -0.05) is 35.9 Å². The largest absolute Gasteiger partial charge is 0.354 e. The topological polar surface area (TPSA) is 82.6 Å². The second kappa shape index (κ2) is 8.89. The molecular formula is C20H21ClN4O3S2. The first-order chi connectivity index (χ1) is 14.5. The van der Waals surface area contributed by atoms with Crippen LogP contribution >= 0.6 is 22.9 Å². The summed E-state index contributed by atoms with van der Waals surface area (Å²) in [4.78, 5) is 19.3. The van der Waals surface area contributed by atoms with Crippen LogP contribution < -0.4 is 10.2 Å². The summed E-state index contributed by atoms with van der Waals surface area (Å²) in [5.41, 5.74) is 0. The van der Waals surface area contributed by atoms with Crippen molar-refractivity contribution in [3.63, 3.8) is 0 Å². The molecule has 30 heavy (non-hydrogen) atoms. The van der Waals surface area contributed by atoms with E-state index in [0.29, 0.717) is 36.1 Å². The number of halogens is 1. The number of nitrogens with one attached hydrogen (secondary N) is 1. The van der Waals surface area contributed by atoms with Gasteiger partial charge in [0.2, 0.25) is 10.0 Å². The molecule has 1 N–H and O–H groups in total. The van der Waals surface area contributed by atoms with Gasteiger partial charge in [-0.15, -0.1) is 11.3 Å². The highest BCUT2D eigenvalue weighted by molar-refractivity contribution is 7.89. The van der Waals surface area contributed by atoms with E-state index in [1.54, 1.807) is 6.20 Å². The number of rotatable bonds is 6. The van der Waals surface area contributed by atoms with Gasteiger partial charge in [-0.2, -0.15) is 4.31 Å². The Morgan fingerprint density at radius 3 is 2.53 bits per heavy atom. The predicted molar refractivity (Wildman–Crippen MR) is 121 cm³/mol. The summed E-state index contributed by atoms with van der Waals surface area (Å²) >= 11 is 7.62. The number of hydrogen-bond donors (Lipinski definition) is 1. The molecule has 7 nitrogen and oxygen atoms in total. The van der Waals surface area contributed by atoms with Crippen LogP contribution in [0.3, 0.4) is 0 Å². The van der Waals surface area contributed by atoms with Crippen LogP contribution in [0.15, 0.2) is 48.7 Å². The summed E-state index contributed by atoms with van der Waals surface area (Å²) < 4.78 is 27.7. The molecule has 0 radical (unpaired) electrons. The van der Waals surface area contributed by atoms with Crippen molar-refractivity contribution in [3.05, 3.63) is 58.6 Å². The molecule has 3 aromatic rings. The minimum Gasteiger partial charge on any atom is -0.354 e. The number of hydrogen-bond acceptors (Lipinski definition) is 6. The Hall–Kier alpha value is -2.20. The SMILES string of the molecule is O=C(NCCS(=O)(=O)N1CCN(c2ccccn2)CC1)c1sc2ccccc2c1Cl. The van der Waals surface area contributed by atoms with Crippen molar-refractivity contribution in [2.24, 2.45) is 0 Å². The number of pyridine rings is 1. The molecule has 4 rings (SSSR count). The molecule has 0 atom stereocenters. The number of amides is 1. The van der Waals surface area contributed by atoms with Crippen LogP contribution in [0.5, 0.6) is 0 Å². The maximum Gasteiger partial charge on any atom is 0.262 e. The zero-order valence-electron chi connectivity index (χ0n) is 16.1. The third-order valence-electron chi connectivity index (χ3n) is 4.99. The fourth-order valence-electron chi connectivity index (χ4n) is 3.40. The van der Waals surface area contributed by atoms with E-state index in [1.165, 1.54) is 15.6 Å². The van der Waals surface area contributed by atoms with Crippen LogP contribution in [0.25, 0.3) is 10.1 Å². The highest BCUT2D eigenvalue weighted by Gasteiger charge is 2.27. The van der Waals surface area contributed by atoms with E-state index in [-0.39, 0.29) is 18.2 Å². The molecule has 0 aliphatic carbocycles. The lowest BCUT2D eigenvalue weighted by Crippen LogP contribution is -2.50. The number of piperazine rings is 1. The number of carbonyl (C=O) groups excluding carboxylic acids is 1. The van der Waals surface area contributed by atoms with Gasteiger partial charge in [-0.25, -0.2) is 13.4 Å². The Bertz CT molecular complexity index is 1140. The predicted octanol–water partition coefficient (Wildman–Crippen LogP) is 2.83. The van der Waals surface area contributed by atoms with E-state index < -0.39 is 10.0 Å². The minimum atomic E-state index is -3.46. The van der Waals surface area contributed by atoms with Crippen molar-refractivity contribution in [2.75, 3.05) is 43.4 Å². The molecule has 158 valence electrons. The van der Waals surface area contributed by atoms with Gasteiger partial charge in [0.25, 0.3) is 5.91 Å². The first-order valence-electron chi connectivity index (χ1n) is 9.55. The smallest absolute Gasteiger partial charge is 0.262 e. The van der Waals surface area contributed by atoms with Gasteiger partial charge < -0.3 is 10.2 Å². The van der Waals surface area contributed by atoms with Crippen LogP contribution in [0.1, 0.15) is 9.67 Å². The lowest BCUT2D eigenvalue weighted by Gasteiger charge is -2.34. The first-order valence-corrected chi connectivity index (χ1v) is 12.3. The maximum atomic E-state index is 12.7. The van der Waals surface area contributed by atoms with Gasteiger partial charge in [-0.3, -0.25) is 4.79 Å². The van der Waals surface area contributed by atoms with Gasteiger partial charge in [0.15, 0.2) is 0 Å². The molecule has 1 saturated heterocycles. The second-order valence-electron chi connectivity index (χ2n) is 6.89. The van der Waals surface area contributed by atoms with E-state index in [1.807, 2.05) is 42.5 Å². The lowest BCUT2D eigenvalue weighted by molar-refractivity contribution is 0.0960. The van der Waals surface area contributed by atoms with Gasteiger partial charge in [0.1, 0.15) is 10.7 Å². The molecule has 0 unspecified atom stereocenters. The number of nitrogens with zero attached hydrogens (tertiary/aromatic N) is 3. The third-order valence-corrected chi connectivity index (χ3v) is 8.54. The number of benzene rings is 1. The quantitative estimate of drug-likeness (QED) is 0.606. The lowest BCUT2D eigenvalue weighted by atomic mass is 10.2. The summed E-state index contributed by atoms with van der Waals surface area (Å²) in [6.07, 6.45) is 1.73. The van der Waals surface area contributed by atoms with Crippen molar-refractivity contribution >= 4 is 54.8 Å².